The van der Waals surface area contributed by atoms with Crippen LogP contribution >= 0.6 is 22.9 Å². The molecule has 1 N–H and O–H groups in total. The van der Waals surface area contributed by atoms with Crippen molar-refractivity contribution >= 4 is 44.0 Å². The number of hydrogen-bond acceptors (Lipinski definition) is 5. The van der Waals surface area contributed by atoms with E-state index in [1.807, 2.05) is 38.1 Å². The summed E-state index contributed by atoms with van der Waals surface area (Å²) in [6.07, 6.45) is 0. The van der Waals surface area contributed by atoms with Crippen LogP contribution in [-0.2, 0) is 10.0 Å². The molecular formula is C22H24ClN3O3S2. The maximum atomic E-state index is 12.9. The Balaban J connectivity index is 1.89. The predicted molar refractivity (Wildman–Crippen MR) is 127 cm³/mol. The van der Waals surface area contributed by atoms with E-state index in [0.29, 0.717) is 5.13 Å². The fourth-order valence-corrected chi connectivity index (χ4v) is 5.30. The molecule has 164 valence electrons. The molecule has 0 bridgehead atoms. The number of sulfonamides is 1. The van der Waals surface area contributed by atoms with Crippen LogP contribution in [0.4, 0.5) is 5.13 Å². The van der Waals surface area contributed by atoms with Crippen LogP contribution in [0.1, 0.15) is 34.6 Å². The molecule has 9 heteroatoms. The molecule has 1 aromatic heterocycles. The van der Waals surface area contributed by atoms with Gasteiger partial charge in [0, 0.05) is 23.5 Å². The van der Waals surface area contributed by atoms with Crippen molar-refractivity contribution in [2.24, 2.45) is 0 Å². The van der Waals surface area contributed by atoms with Gasteiger partial charge in [-0.25, -0.2) is 13.4 Å². The van der Waals surface area contributed by atoms with E-state index < -0.39 is 15.9 Å². The van der Waals surface area contributed by atoms with E-state index in [0.717, 1.165) is 21.7 Å². The summed E-state index contributed by atoms with van der Waals surface area (Å²) in [6.45, 7) is 7.50. The smallest absolute Gasteiger partial charge is 0.259 e. The Labute approximate surface area is 191 Å². The number of amides is 1. The minimum Gasteiger partial charge on any atom is -0.298 e. The summed E-state index contributed by atoms with van der Waals surface area (Å²) in [7, 11) is -2.25. The van der Waals surface area contributed by atoms with Crippen molar-refractivity contribution in [3.63, 3.8) is 0 Å². The first-order chi connectivity index (χ1) is 14.5. The largest absolute Gasteiger partial charge is 0.298 e. The summed E-state index contributed by atoms with van der Waals surface area (Å²) < 4.78 is 26.8. The van der Waals surface area contributed by atoms with E-state index in [2.05, 4.69) is 10.3 Å². The van der Waals surface area contributed by atoms with Crippen molar-refractivity contribution in [3.05, 3.63) is 63.5 Å². The van der Waals surface area contributed by atoms with E-state index in [1.165, 1.54) is 40.9 Å². The van der Waals surface area contributed by atoms with Gasteiger partial charge in [-0.15, -0.1) is 11.3 Å². The second-order valence-corrected chi connectivity index (χ2v) is 11.1. The highest BCUT2D eigenvalue weighted by molar-refractivity contribution is 7.89. The normalized spacial score (nSPS) is 11.9. The fourth-order valence-electron chi connectivity index (χ4n) is 2.88. The topological polar surface area (TPSA) is 79.4 Å². The molecule has 2 aromatic carbocycles. The lowest BCUT2D eigenvalue weighted by Crippen LogP contribution is -2.33. The van der Waals surface area contributed by atoms with Gasteiger partial charge >= 0.3 is 0 Å². The molecule has 0 aliphatic rings. The van der Waals surface area contributed by atoms with Crippen LogP contribution in [0.25, 0.3) is 11.3 Å². The third kappa shape index (κ3) is 4.98. The quantitative estimate of drug-likeness (QED) is 0.518. The number of aromatic nitrogens is 1. The van der Waals surface area contributed by atoms with Crippen molar-refractivity contribution in [2.75, 3.05) is 12.4 Å². The molecule has 0 saturated heterocycles. The lowest BCUT2D eigenvalue weighted by atomic mass is 10.1. The van der Waals surface area contributed by atoms with Gasteiger partial charge in [-0.1, -0.05) is 41.4 Å². The Hall–Kier alpha value is -2.26. The minimum absolute atomic E-state index is 0.00825. The maximum absolute atomic E-state index is 12.9. The van der Waals surface area contributed by atoms with Crippen LogP contribution in [0.15, 0.2) is 47.4 Å². The van der Waals surface area contributed by atoms with Crippen LogP contribution in [0.3, 0.4) is 0 Å². The Morgan fingerprint density at radius 2 is 1.77 bits per heavy atom. The van der Waals surface area contributed by atoms with E-state index in [9.17, 15) is 13.2 Å². The highest BCUT2D eigenvalue weighted by Gasteiger charge is 2.25. The zero-order valence-corrected chi connectivity index (χ0v) is 20.3. The summed E-state index contributed by atoms with van der Waals surface area (Å²) in [4.78, 5) is 18.4. The molecule has 0 fully saturated rings. The summed E-state index contributed by atoms with van der Waals surface area (Å²) in [5.74, 6) is -0.515. The van der Waals surface area contributed by atoms with Gasteiger partial charge in [-0.3, -0.25) is 10.1 Å². The van der Waals surface area contributed by atoms with Gasteiger partial charge in [0.05, 0.1) is 21.2 Å². The van der Waals surface area contributed by atoms with Crippen molar-refractivity contribution in [1.29, 1.82) is 0 Å². The SMILES string of the molecule is Cc1ccc(-c2nc(NC(=O)c3cc(S(=O)(=O)N(C)C(C)C)ccc3Cl)sc2C)cc1. The monoisotopic (exact) mass is 477 g/mol. The first-order valence-electron chi connectivity index (χ1n) is 9.64. The molecular weight excluding hydrogens is 454 g/mol. The first kappa shape index (κ1) is 23.4. The Morgan fingerprint density at radius 1 is 1.13 bits per heavy atom. The van der Waals surface area contributed by atoms with Crippen molar-refractivity contribution in [2.45, 2.75) is 38.6 Å². The number of rotatable bonds is 6. The van der Waals surface area contributed by atoms with Crippen molar-refractivity contribution in [3.8, 4) is 11.3 Å². The molecule has 0 spiro atoms. The van der Waals surface area contributed by atoms with Crippen LogP contribution < -0.4 is 5.32 Å². The number of aryl methyl sites for hydroxylation is 2. The molecule has 0 atom stereocenters. The number of carbonyl (C=O) groups excluding carboxylic acids is 1. The van der Waals surface area contributed by atoms with E-state index in [-0.39, 0.29) is 21.5 Å². The zero-order chi connectivity index (χ0) is 22.9. The third-order valence-corrected chi connectivity index (χ3v) is 8.17. The number of carbonyl (C=O) groups is 1. The third-order valence-electron chi connectivity index (χ3n) is 4.93. The number of halogens is 1. The van der Waals surface area contributed by atoms with E-state index >= 15 is 0 Å². The standard InChI is InChI=1S/C22H24ClN3O3S2/c1-13(2)26(5)31(28,29)17-10-11-19(23)18(12-17)21(27)25-22-24-20(15(4)30-22)16-8-6-14(3)7-9-16/h6-13H,1-5H3,(H,24,25,27). The highest BCUT2D eigenvalue weighted by atomic mass is 35.5. The number of nitrogens with zero attached hydrogens (tertiary/aromatic N) is 2. The number of benzene rings is 2. The number of hydrogen-bond donors (Lipinski definition) is 1. The van der Waals surface area contributed by atoms with Gasteiger partial charge in [0.1, 0.15) is 0 Å². The molecule has 0 saturated carbocycles. The van der Waals surface area contributed by atoms with Gasteiger partial charge < -0.3 is 0 Å². The molecule has 0 aliphatic heterocycles. The molecule has 3 rings (SSSR count). The number of thiazole rings is 1. The molecule has 1 amide bonds. The van der Waals surface area contributed by atoms with E-state index in [4.69, 9.17) is 11.6 Å². The van der Waals surface area contributed by atoms with Crippen LogP contribution in [-0.4, -0.2) is 36.7 Å². The molecule has 1 heterocycles. The molecule has 31 heavy (non-hydrogen) atoms. The van der Waals surface area contributed by atoms with Gasteiger partial charge in [-0.05, 0) is 45.9 Å². The van der Waals surface area contributed by atoms with Gasteiger partial charge in [-0.2, -0.15) is 4.31 Å². The molecule has 0 aliphatic carbocycles. The van der Waals surface area contributed by atoms with Crippen molar-refractivity contribution < 1.29 is 13.2 Å². The molecule has 3 aromatic rings. The van der Waals surface area contributed by atoms with Crippen molar-refractivity contribution in [1.82, 2.24) is 9.29 Å². The summed E-state index contributed by atoms with van der Waals surface area (Å²) in [6, 6.07) is 11.9. The number of anilines is 1. The zero-order valence-electron chi connectivity index (χ0n) is 17.9. The average molecular weight is 478 g/mol. The summed E-state index contributed by atoms with van der Waals surface area (Å²) >= 11 is 7.56. The summed E-state index contributed by atoms with van der Waals surface area (Å²) in [5, 5.41) is 3.33. The highest BCUT2D eigenvalue weighted by Crippen LogP contribution is 2.31. The lowest BCUT2D eigenvalue weighted by Gasteiger charge is -2.21. The Kier molecular flexibility index (Phi) is 6.85. The fraction of sp³-hybridized carbons (Fsp3) is 0.273. The van der Waals surface area contributed by atoms with Gasteiger partial charge in [0.2, 0.25) is 10.0 Å². The second kappa shape index (κ2) is 9.08. The second-order valence-electron chi connectivity index (χ2n) is 7.50. The average Bonchev–Trinajstić information content (AvgIpc) is 3.07. The van der Waals surface area contributed by atoms with Gasteiger partial charge in [0.25, 0.3) is 5.91 Å². The van der Waals surface area contributed by atoms with Crippen LogP contribution in [0.5, 0.6) is 0 Å². The van der Waals surface area contributed by atoms with E-state index in [1.54, 1.807) is 13.8 Å². The maximum Gasteiger partial charge on any atom is 0.259 e. The van der Waals surface area contributed by atoms with Crippen LogP contribution in [0, 0.1) is 13.8 Å². The Morgan fingerprint density at radius 3 is 2.39 bits per heavy atom. The Bertz CT molecular complexity index is 1220. The summed E-state index contributed by atoms with van der Waals surface area (Å²) in [5.41, 5.74) is 2.98. The first-order valence-corrected chi connectivity index (χ1v) is 12.3. The minimum atomic E-state index is -3.74. The van der Waals surface area contributed by atoms with Gasteiger partial charge in [0.15, 0.2) is 5.13 Å². The molecule has 6 nitrogen and oxygen atoms in total. The molecule has 0 unspecified atom stereocenters. The molecule has 0 radical (unpaired) electrons. The number of nitrogens with one attached hydrogen (secondary N) is 1. The lowest BCUT2D eigenvalue weighted by molar-refractivity contribution is 0.102. The van der Waals surface area contributed by atoms with Crippen LogP contribution in [0.2, 0.25) is 5.02 Å². The predicted octanol–water partition coefficient (Wildman–Crippen LogP) is 5.36.